The fourth-order valence-electron chi connectivity index (χ4n) is 1.05. The average Bonchev–Trinajstić information content (AvgIpc) is 2.22. The summed E-state index contributed by atoms with van der Waals surface area (Å²) in [4.78, 5) is 22.2. The maximum absolute atomic E-state index is 11.2. The predicted molar refractivity (Wildman–Crippen MR) is 59.5 cm³/mol. The van der Waals surface area contributed by atoms with Crippen molar-refractivity contribution in [1.82, 2.24) is 16.0 Å². The number of amides is 2. The molecule has 2 amide bonds. The second-order valence-corrected chi connectivity index (χ2v) is 3.33. The highest BCUT2D eigenvalue weighted by Gasteiger charge is 2.03. The molecular formula is C10H21N3O2. The first-order valence-electron chi connectivity index (χ1n) is 5.38. The Bertz CT molecular complexity index is 195. The van der Waals surface area contributed by atoms with Crippen molar-refractivity contribution in [2.45, 2.75) is 26.2 Å². The van der Waals surface area contributed by atoms with Crippen LogP contribution in [0.2, 0.25) is 0 Å². The van der Waals surface area contributed by atoms with Crippen molar-refractivity contribution in [3.63, 3.8) is 0 Å². The van der Waals surface area contributed by atoms with Crippen LogP contribution in [0, 0.1) is 0 Å². The number of hydrogen-bond acceptors (Lipinski definition) is 3. The number of nitrogens with one attached hydrogen (secondary N) is 3. The van der Waals surface area contributed by atoms with Gasteiger partial charge in [0.05, 0.1) is 6.54 Å². The van der Waals surface area contributed by atoms with E-state index < -0.39 is 0 Å². The van der Waals surface area contributed by atoms with E-state index in [1.54, 1.807) is 0 Å². The monoisotopic (exact) mass is 215 g/mol. The molecule has 0 aromatic carbocycles. The predicted octanol–water partition coefficient (Wildman–Crippen LogP) is -0.372. The molecule has 0 aliphatic rings. The molecule has 0 rings (SSSR count). The number of rotatable bonds is 8. The van der Waals surface area contributed by atoms with Gasteiger partial charge in [-0.05, 0) is 26.4 Å². The maximum Gasteiger partial charge on any atom is 0.239 e. The van der Waals surface area contributed by atoms with E-state index in [4.69, 9.17) is 0 Å². The minimum Gasteiger partial charge on any atom is -0.355 e. The number of hydrogen-bond donors (Lipinski definition) is 3. The van der Waals surface area contributed by atoms with E-state index in [0.29, 0.717) is 13.0 Å². The summed E-state index contributed by atoms with van der Waals surface area (Å²) in [6.07, 6.45) is 2.17. The Hall–Kier alpha value is -1.10. The van der Waals surface area contributed by atoms with Crippen molar-refractivity contribution in [2.75, 3.05) is 26.7 Å². The molecule has 0 aromatic heterocycles. The van der Waals surface area contributed by atoms with Crippen LogP contribution in [0.15, 0.2) is 0 Å². The fraction of sp³-hybridized carbons (Fsp3) is 0.800. The summed E-state index contributed by atoms with van der Waals surface area (Å²) in [6, 6.07) is 0. The van der Waals surface area contributed by atoms with Gasteiger partial charge in [-0.25, -0.2) is 0 Å². The summed E-state index contributed by atoms with van der Waals surface area (Å²) in [5, 5.41) is 8.27. The zero-order chi connectivity index (χ0) is 11.5. The minimum absolute atomic E-state index is 0.0668. The molecule has 15 heavy (non-hydrogen) atoms. The van der Waals surface area contributed by atoms with Crippen molar-refractivity contribution >= 4 is 11.8 Å². The van der Waals surface area contributed by atoms with Crippen molar-refractivity contribution in [3.8, 4) is 0 Å². The van der Waals surface area contributed by atoms with Gasteiger partial charge >= 0.3 is 0 Å². The number of carbonyl (C=O) groups is 2. The van der Waals surface area contributed by atoms with Crippen LogP contribution in [0.25, 0.3) is 0 Å². The summed E-state index contributed by atoms with van der Waals surface area (Å²) < 4.78 is 0. The highest BCUT2D eigenvalue weighted by Crippen LogP contribution is 1.84. The SMILES string of the molecule is CCCC(=O)NCC(=O)NCCCNC. The van der Waals surface area contributed by atoms with Crippen molar-refractivity contribution in [1.29, 1.82) is 0 Å². The van der Waals surface area contributed by atoms with Gasteiger partial charge in [-0.1, -0.05) is 6.92 Å². The van der Waals surface area contributed by atoms with E-state index in [0.717, 1.165) is 19.4 Å². The van der Waals surface area contributed by atoms with Crippen LogP contribution in [0.3, 0.4) is 0 Å². The van der Waals surface area contributed by atoms with Gasteiger partial charge in [-0.15, -0.1) is 0 Å². The van der Waals surface area contributed by atoms with Crippen LogP contribution >= 0.6 is 0 Å². The molecule has 5 nitrogen and oxygen atoms in total. The van der Waals surface area contributed by atoms with Crippen LogP contribution in [-0.2, 0) is 9.59 Å². The smallest absolute Gasteiger partial charge is 0.239 e. The standard InChI is InChI=1S/C10H21N3O2/c1-3-5-9(14)13-8-10(15)12-7-4-6-11-2/h11H,3-8H2,1-2H3,(H,12,15)(H,13,14). The molecule has 0 saturated heterocycles. The summed E-state index contributed by atoms with van der Waals surface area (Å²) in [5.41, 5.74) is 0. The summed E-state index contributed by atoms with van der Waals surface area (Å²) in [5.74, 6) is -0.196. The quantitative estimate of drug-likeness (QED) is 0.484. The van der Waals surface area contributed by atoms with Crippen molar-refractivity contribution < 1.29 is 9.59 Å². The van der Waals surface area contributed by atoms with Gasteiger partial charge in [0.15, 0.2) is 0 Å². The van der Waals surface area contributed by atoms with E-state index in [9.17, 15) is 9.59 Å². The molecule has 3 N–H and O–H groups in total. The van der Waals surface area contributed by atoms with E-state index in [1.165, 1.54) is 0 Å². The maximum atomic E-state index is 11.2. The normalized spacial score (nSPS) is 9.73. The summed E-state index contributed by atoms with van der Waals surface area (Å²) in [7, 11) is 1.87. The Morgan fingerprint density at radius 1 is 1.07 bits per heavy atom. The fourth-order valence-corrected chi connectivity index (χ4v) is 1.05. The van der Waals surface area contributed by atoms with Crippen LogP contribution in [0.5, 0.6) is 0 Å². The molecule has 0 bridgehead atoms. The van der Waals surface area contributed by atoms with Crippen LogP contribution < -0.4 is 16.0 Å². The lowest BCUT2D eigenvalue weighted by atomic mass is 10.3. The molecule has 0 aliphatic heterocycles. The second kappa shape index (κ2) is 9.45. The van der Waals surface area contributed by atoms with Crippen LogP contribution in [-0.4, -0.2) is 38.5 Å². The molecule has 0 aliphatic carbocycles. The lowest BCUT2D eigenvalue weighted by Gasteiger charge is -2.06. The lowest BCUT2D eigenvalue weighted by molar-refractivity contribution is -0.126. The molecule has 88 valence electrons. The molecular weight excluding hydrogens is 194 g/mol. The third-order valence-corrected chi connectivity index (χ3v) is 1.85. The third-order valence-electron chi connectivity index (χ3n) is 1.85. The first-order valence-corrected chi connectivity index (χ1v) is 5.38. The van der Waals surface area contributed by atoms with E-state index in [1.807, 2.05) is 14.0 Å². The topological polar surface area (TPSA) is 70.2 Å². The molecule has 0 aromatic rings. The molecule has 0 heterocycles. The number of carbonyl (C=O) groups excluding carboxylic acids is 2. The van der Waals surface area contributed by atoms with E-state index in [-0.39, 0.29) is 18.4 Å². The van der Waals surface area contributed by atoms with Gasteiger partial charge in [0, 0.05) is 13.0 Å². The molecule has 0 saturated carbocycles. The van der Waals surface area contributed by atoms with E-state index in [2.05, 4.69) is 16.0 Å². The zero-order valence-corrected chi connectivity index (χ0v) is 9.56. The van der Waals surface area contributed by atoms with Gasteiger partial charge in [-0.2, -0.15) is 0 Å². The largest absolute Gasteiger partial charge is 0.355 e. The van der Waals surface area contributed by atoms with Crippen LogP contribution in [0.1, 0.15) is 26.2 Å². The van der Waals surface area contributed by atoms with Gasteiger partial charge < -0.3 is 16.0 Å². The van der Waals surface area contributed by atoms with Crippen LogP contribution in [0.4, 0.5) is 0 Å². The molecule has 5 heteroatoms. The van der Waals surface area contributed by atoms with Gasteiger partial charge in [0.1, 0.15) is 0 Å². The zero-order valence-electron chi connectivity index (χ0n) is 9.56. The average molecular weight is 215 g/mol. The van der Waals surface area contributed by atoms with Crippen molar-refractivity contribution in [2.24, 2.45) is 0 Å². The Labute approximate surface area is 91.0 Å². The Balaban J connectivity index is 3.36. The van der Waals surface area contributed by atoms with Gasteiger partial charge in [0.25, 0.3) is 0 Å². The third kappa shape index (κ3) is 9.21. The molecule has 0 radical (unpaired) electrons. The highest BCUT2D eigenvalue weighted by atomic mass is 16.2. The Morgan fingerprint density at radius 2 is 1.80 bits per heavy atom. The molecule has 0 spiro atoms. The van der Waals surface area contributed by atoms with Gasteiger partial charge in [-0.3, -0.25) is 9.59 Å². The van der Waals surface area contributed by atoms with E-state index >= 15 is 0 Å². The Morgan fingerprint density at radius 3 is 2.40 bits per heavy atom. The molecule has 0 unspecified atom stereocenters. The highest BCUT2D eigenvalue weighted by molar-refractivity contribution is 5.84. The summed E-state index contributed by atoms with van der Waals surface area (Å²) in [6.45, 7) is 3.53. The van der Waals surface area contributed by atoms with Gasteiger partial charge in [0.2, 0.25) is 11.8 Å². The van der Waals surface area contributed by atoms with Crippen molar-refractivity contribution in [3.05, 3.63) is 0 Å². The molecule has 0 atom stereocenters. The Kier molecular flexibility index (Phi) is 8.76. The second-order valence-electron chi connectivity index (χ2n) is 3.33. The lowest BCUT2D eigenvalue weighted by Crippen LogP contribution is -2.37. The summed E-state index contributed by atoms with van der Waals surface area (Å²) >= 11 is 0. The first-order chi connectivity index (χ1) is 7.20. The minimum atomic E-state index is -0.129. The first kappa shape index (κ1) is 13.9. The molecule has 0 fully saturated rings.